The molecule has 4 heteroatoms. The van der Waals surface area contributed by atoms with Gasteiger partial charge in [0.25, 0.3) is 0 Å². The van der Waals surface area contributed by atoms with Gasteiger partial charge in [0.05, 0.1) is 26.4 Å². The molecule has 106 valence electrons. The summed E-state index contributed by atoms with van der Waals surface area (Å²) in [5.74, 6) is 0.350. The minimum Gasteiger partial charge on any atom is -0.507 e. The van der Waals surface area contributed by atoms with E-state index in [2.05, 4.69) is 0 Å². The number of rotatable bonds is 4. The van der Waals surface area contributed by atoms with Gasteiger partial charge in [-0.3, -0.25) is 0 Å². The Balaban J connectivity index is 0.000000123. The van der Waals surface area contributed by atoms with Gasteiger partial charge < -0.3 is 19.3 Å². The van der Waals surface area contributed by atoms with Crippen LogP contribution >= 0.6 is 0 Å². The maximum absolute atomic E-state index is 9.37. The van der Waals surface area contributed by atoms with E-state index in [1.54, 1.807) is 6.07 Å². The van der Waals surface area contributed by atoms with E-state index in [-0.39, 0.29) is 0 Å². The fraction of sp³-hybridized carbons (Fsp3) is 0.375. The Hall–Kier alpha value is -1.62. The lowest BCUT2D eigenvalue weighted by molar-refractivity contribution is 0.102. The second-order valence-electron chi connectivity index (χ2n) is 4.95. The smallest absolute Gasteiger partial charge is 0.123 e. The predicted molar refractivity (Wildman–Crippen MR) is 75.9 cm³/mol. The fourth-order valence-corrected chi connectivity index (χ4v) is 1.87. The third-order valence-corrected chi connectivity index (χ3v) is 3.18. The molecule has 0 spiro atoms. The van der Waals surface area contributed by atoms with E-state index in [0.717, 1.165) is 37.2 Å². The van der Waals surface area contributed by atoms with Crippen LogP contribution in [0.5, 0.6) is 5.75 Å². The molecule has 2 aromatic carbocycles. The van der Waals surface area contributed by atoms with Crippen molar-refractivity contribution in [1.29, 1.82) is 0 Å². The van der Waals surface area contributed by atoms with Crippen molar-refractivity contribution in [3.8, 4) is 5.75 Å². The zero-order valence-electron chi connectivity index (χ0n) is 11.2. The molecular formula is C16H18O4. The van der Waals surface area contributed by atoms with Crippen LogP contribution in [0.1, 0.15) is 0 Å². The van der Waals surface area contributed by atoms with Gasteiger partial charge in [0, 0.05) is 5.39 Å². The van der Waals surface area contributed by atoms with E-state index in [1.807, 2.05) is 36.4 Å². The van der Waals surface area contributed by atoms with Gasteiger partial charge >= 0.3 is 0 Å². The zero-order valence-corrected chi connectivity index (χ0v) is 11.2. The lowest BCUT2D eigenvalue weighted by Gasteiger charge is -1.97. The van der Waals surface area contributed by atoms with Crippen LogP contribution in [0.4, 0.5) is 0 Å². The topological polar surface area (TPSA) is 54.5 Å². The first-order valence-electron chi connectivity index (χ1n) is 6.80. The number of fused-ring (bicyclic) bond motifs is 1. The maximum Gasteiger partial charge on any atom is 0.123 e. The van der Waals surface area contributed by atoms with Gasteiger partial charge in [-0.1, -0.05) is 36.4 Å². The predicted octanol–water partition coefficient (Wildman–Crippen LogP) is 2.35. The van der Waals surface area contributed by atoms with Crippen molar-refractivity contribution in [3.63, 3.8) is 0 Å². The van der Waals surface area contributed by atoms with Crippen molar-refractivity contribution >= 4 is 10.8 Å². The molecule has 2 aromatic rings. The quantitative estimate of drug-likeness (QED) is 0.869. The van der Waals surface area contributed by atoms with Gasteiger partial charge in [0.15, 0.2) is 0 Å². The lowest BCUT2D eigenvalue weighted by Crippen LogP contribution is -2.06. The van der Waals surface area contributed by atoms with Gasteiger partial charge in [0.1, 0.15) is 18.0 Å². The Kier molecular flexibility index (Phi) is 4.16. The summed E-state index contributed by atoms with van der Waals surface area (Å²) in [6.07, 6.45) is 0.785. The second kappa shape index (κ2) is 6.22. The Morgan fingerprint density at radius 3 is 2.15 bits per heavy atom. The molecule has 0 aliphatic carbocycles. The van der Waals surface area contributed by atoms with Crippen LogP contribution in [0.25, 0.3) is 10.8 Å². The average molecular weight is 274 g/mol. The summed E-state index contributed by atoms with van der Waals surface area (Å²) in [4.78, 5) is 0. The molecule has 2 fully saturated rings. The molecular weight excluding hydrogens is 256 g/mol. The summed E-state index contributed by atoms with van der Waals surface area (Å²) in [6, 6.07) is 13.3. The molecule has 20 heavy (non-hydrogen) atoms. The highest BCUT2D eigenvalue weighted by Crippen LogP contribution is 2.22. The third-order valence-electron chi connectivity index (χ3n) is 3.18. The third kappa shape index (κ3) is 3.93. The lowest BCUT2D eigenvalue weighted by atomic mass is 10.1. The molecule has 2 atom stereocenters. The molecule has 2 saturated heterocycles. The first-order valence-corrected chi connectivity index (χ1v) is 6.80. The molecule has 2 unspecified atom stereocenters. The van der Waals surface area contributed by atoms with E-state index in [0.29, 0.717) is 18.0 Å². The standard InChI is InChI=1S/C10H8O.C6H10O3/c11-10-7-3-5-8-4-1-2-6-9(8)10;1(5-3-8-5)7-2-6-4-9-6/h1-7,11H;5-6H,1-4H2. The molecule has 0 saturated carbocycles. The number of hydrogen-bond donors (Lipinski definition) is 1. The monoisotopic (exact) mass is 274 g/mol. The largest absolute Gasteiger partial charge is 0.507 e. The summed E-state index contributed by atoms with van der Waals surface area (Å²) >= 11 is 0. The number of phenolic OH excluding ortho intramolecular Hbond substituents is 1. The van der Waals surface area contributed by atoms with E-state index in [4.69, 9.17) is 14.2 Å². The van der Waals surface area contributed by atoms with Crippen LogP contribution in [0.3, 0.4) is 0 Å². The SMILES string of the molecule is C(OCC1CO1)C1CO1.Oc1cccc2ccccc12. The van der Waals surface area contributed by atoms with E-state index in [1.165, 1.54) is 0 Å². The maximum atomic E-state index is 9.37. The normalized spacial score (nSPS) is 23.0. The van der Waals surface area contributed by atoms with Gasteiger partial charge in [-0.2, -0.15) is 0 Å². The molecule has 2 aliphatic rings. The summed E-state index contributed by atoms with van der Waals surface area (Å²) in [7, 11) is 0. The fourth-order valence-electron chi connectivity index (χ4n) is 1.87. The van der Waals surface area contributed by atoms with Crippen LogP contribution in [0, 0.1) is 0 Å². The van der Waals surface area contributed by atoms with Crippen molar-refractivity contribution in [1.82, 2.24) is 0 Å². The van der Waals surface area contributed by atoms with E-state index in [9.17, 15) is 5.11 Å². The number of ether oxygens (including phenoxy) is 3. The molecule has 2 aliphatic heterocycles. The highest BCUT2D eigenvalue weighted by molar-refractivity contribution is 5.87. The highest BCUT2D eigenvalue weighted by Gasteiger charge is 2.26. The molecule has 0 amide bonds. The zero-order chi connectivity index (χ0) is 13.8. The molecule has 1 N–H and O–H groups in total. The molecule has 0 bridgehead atoms. The van der Waals surface area contributed by atoms with Gasteiger partial charge in [0.2, 0.25) is 0 Å². The number of epoxide rings is 2. The number of phenols is 1. The van der Waals surface area contributed by atoms with Crippen molar-refractivity contribution < 1.29 is 19.3 Å². The average Bonchev–Trinajstić information content (AvgIpc) is 3.35. The first-order chi connectivity index (χ1) is 9.83. The Morgan fingerprint density at radius 2 is 1.55 bits per heavy atom. The van der Waals surface area contributed by atoms with Crippen LogP contribution in [-0.2, 0) is 14.2 Å². The second-order valence-corrected chi connectivity index (χ2v) is 4.95. The van der Waals surface area contributed by atoms with Crippen LogP contribution in [0.15, 0.2) is 42.5 Å². The van der Waals surface area contributed by atoms with Gasteiger partial charge in [-0.05, 0) is 11.5 Å². The van der Waals surface area contributed by atoms with Gasteiger partial charge in [-0.25, -0.2) is 0 Å². The van der Waals surface area contributed by atoms with Crippen molar-refractivity contribution in [2.24, 2.45) is 0 Å². The summed E-state index contributed by atoms with van der Waals surface area (Å²) in [6.45, 7) is 3.26. The van der Waals surface area contributed by atoms with Crippen molar-refractivity contribution in [3.05, 3.63) is 42.5 Å². The van der Waals surface area contributed by atoms with E-state index >= 15 is 0 Å². The number of benzene rings is 2. The highest BCUT2D eigenvalue weighted by atomic mass is 16.6. The van der Waals surface area contributed by atoms with Crippen LogP contribution in [0.2, 0.25) is 0 Å². The minimum atomic E-state index is 0.350. The Labute approximate surface area is 117 Å². The van der Waals surface area contributed by atoms with Crippen LogP contribution < -0.4 is 0 Å². The molecule has 4 nitrogen and oxygen atoms in total. The molecule has 4 rings (SSSR count). The van der Waals surface area contributed by atoms with Crippen molar-refractivity contribution in [2.75, 3.05) is 26.4 Å². The van der Waals surface area contributed by atoms with Crippen molar-refractivity contribution in [2.45, 2.75) is 12.2 Å². The minimum absolute atomic E-state index is 0.350. The summed E-state index contributed by atoms with van der Waals surface area (Å²) < 4.78 is 15.1. The Morgan fingerprint density at radius 1 is 0.950 bits per heavy atom. The Bertz CT molecular complexity index is 544. The van der Waals surface area contributed by atoms with Gasteiger partial charge in [-0.15, -0.1) is 0 Å². The summed E-state index contributed by atoms with van der Waals surface area (Å²) in [5.41, 5.74) is 0. The first kappa shape index (κ1) is 13.4. The van der Waals surface area contributed by atoms with Crippen LogP contribution in [-0.4, -0.2) is 43.7 Å². The molecule has 2 heterocycles. The summed E-state index contributed by atoms with van der Waals surface area (Å²) in [5, 5.41) is 11.4. The molecule has 0 radical (unpaired) electrons. The molecule has 0 aromatic heterocycles. The number of aromatic hydroxyl groups is 1. The number of hydrogen-bond acceptors (Lipinski definition) is 4. The van der Waals surface area contributed by atoms with E-state index < -0.39 is 0 Å².